The van der Waals surface area contributed by atoms with Gasteiger partial charge in [0.25, 0.3) is 0 Å². The van der Waals surface area contributed by atoms with Gasteiger partial charge >= 0.3 is 0 Å². The molecule has 0 aliphatic carbocycles. The van der Waals surface area contributed by atoms with Crippen molar-refractivity contribution in [3.63, 3.8) is 0 Å². The van der Waals surface area contributed by atoms with Crippen LogP contribution in [0.4, 0.5) is 17.1 Å². The fraction of sp³-hybridized carbons (Fsp3) is 0. The predicted octanol–water partition coefficient (Wildman–Crippen LogP) is 5.22. The molecule has 3 rings (SSSR count). The van der Waals surface area contributed by atoms with Crippen LogP contribution in [0.2, 0.25) is 5.02 Å². The van der Waals surface area contributed by atoms with Crippen LogP contribution in [0.5, 0.6) is 11.5 Å². The smallest absolute Gasteiger partial charge is 0.115 e. The fourth-order valence-corrected chi connectivity index (χ4v) is 2.37. The maximum atomic E-state index is 9.48. The number of rotatable bonds is 3. The van der Waals surface area contributed by atoms with Gasteiger partial charge in [0.2, 0.25) is 0 Å². The number of benzene rings is 3. The van der Waals surface area contributed by atoms with Crippen LogP contribution in [0, 0.1) is 0 Å². The van der Waals surface area contributed by atoms with Crippen molar-refractivity contribution >= 4 is 28.7 Å². The standard InChI is InChI=1S/C18H14ClNO2/c19-13-1-3-14(4-2-13)20(15-5-9-17(21)10-6-15)16-7-11-18(22)12-8-16/h1-12,21-22H. The van der Waals surface area contributed by atoms with Crippen molar-refractivity contribution in [3.05, 3.63) is 77.8 Å². The van der Waals surface area contributed by atoms with Crippen molar-refractivity contribution in [3.8, 4) is 11.5 Å². The lowest BCUT2D eigenvalue weighted by Gasteiger charge is -2.25. The van der Waals surface area contributed by atoms with Gasteiger partial charge in [-0.2, -0.15) is 0 Å². The largest absolute Gasteiger partial charge is 0.508 e. The summed E-state index contributed by atoms with van der Waals surface area (Å²) in [6.07, 6.45) is 0. The highest BCUT2D eigenvalue weighted by atomic mass is 35.5. The summed E-state index contributed by atoms with van der Waals surface area (Å²) in [4.78, 5) is 2.01. The third-order valence-electron chi connectivity index (χ3n) is 3.30. The van der Waals surface area contributed by atoms with Crippen LogP contribution in [-0.4, -0.2) is 10.2 Å². The normalized spacial score (nSPS) is 10.4. The van der Waals surface area contributed by atoms with Gasteiger partial charge in [0, 0.05) is 22.1 Å². The molecule has 0 bridgehead atoms. The Kier molecular flexibility index (Phi) is 3.90. The van der Waals surface area contributed by atoms with E-state index >= 15 is 0 Å². The summed E-state index contributed by atoms with van der Waals surface area (Å²) >= 11 is 5.97. The predicted molar refractivity (Wildman–Crippen MR) is 89.5 cm³/mol. The van der Waals surface area contributed by atoms with E-state index in [1.54, 1.807) is 24.3 Å². The van der Waals surface area contributed by atoms with E-state index in [0.717, 1.165) is 17.1 Å². The highest BCUT2D eigenvalue weighted by molar-refractivity contribution is 6.30. The lowest BCUT2D eigenvalue weighted by atomic mass is 10.2. The van der Waals surface area contributed by atoms with Gasteiger partial charge in [-0.05, 0) is 72.8 Å². The molecular weight excluding hydrogens is 298 g/mol. The molecule has 0 amide bonds. The minimum Gasteiger partial charge on any atom is -0.508 e. The number of phenols is 2. The first-order valence-corrected chi connectivity index (χ1v) is 7.15. The van der Waals surface area contributed by atoms with Crippen molar-refractivity contribution in [2.45, 2.75) is 0 Å². The van der Waals surface area contributed by atoms with Gasteiger partial charge in [0.1, 0.15) is 11.5 Å². The highest BCUT2D eigenvalue weighted by Crippen LogP contribution is 2.36. The number of hydrogen-bond acceptors (Lipinski definition) is 3. The Hall–Kier alpha value is -2.65. The van der Waals surface area contributed by atoms with Crippen LogP contribution in [0.3, 0.4) is 0 Å². The zero-order valence-electron chi connectivity index (χ0n) is 11.6. The molecule has 0 aromatic heterocycles. The molecule has 0 heterocycles. The molecule has 0 radical (unpaired) electrons. The van der Waals surface area contributed by atoms with Gasteiger partial charge in [-0.25, -0.2) is 0 Å². The average molecular weight is 312 g/mol. The molecular formula is C18H14ClNO2. The van der Waals surface area contributed by atoms with Crippen LogP contribution in [0.1, 0.15) is 0 Å². The van der Waals surface area contributed by atoms with E-state index in [9.17, 15) is 10.2 Å². The molecule has 0 atom stereocenters. The van der Waals surface area contributed by atoms with Crippen LogP contribution in [-0.2, 0) is 0 Å². The molecule has 2 N–H and O–H groups in total. The number of phenolic OH excluding ortho intramolecular Hbond substituents is 2. The number of nitrogens with zero attached hydrogens (tertiary/aromatic N) is 1. The zero-order valence-corrected chi connectivity index (χ0v) is 12.4. The summed E-state index contributed by atoms with van der Waals surface area (Å²) in [5, 5.41) is 19.6. The Morgan fingerprint density at radius 3 is 1.23 bits per heavy atom. The van der Waals surface area contributed by atoms with Crippen molar-refractivity contribution in [1.29, 1.82) is 0 Å². The molecule has 0 fully saturated rings. The molecule has 0 aliphatic heterocycles. The molecule has 3 aromatic carbocycles. The van der Waals surface area contributed by atoms with E-state index in [0.29, 0.717) is 5.02 Å². The first kappa shape index (κ1) is 14.3. The van der Waals surface area contributed by atoms with E-state index in [2.05, 4.69) is 0 Å². The lowest BCUT2D eigenvalue weighted by Crippen LogP contribution is -2.09. The zero-order chi connectivity index (χ0) is 15.5. The number of aromatic hydroxyl groups is 2. The van der Waals surface area contributed by atoms with E-state index in [1.165, 1.54) is 0 Å². The molecule has 22 heavy (non-hydrogen) atoms. The summed E-state index contributed by atoms with van der Waals surface area (Å²) in [6, 6.07) is 21.4. The fourth-order valence-electron chi connectivity index (χ4n) is 2.24. The minimum atomic E-state index is 0.213. The van der Waals surface area contributed by atoms with Gasteiger partial charge < -0.3 is 15.1 Å². The van der Waals surface area contributed by atoms with E-state index in [1.807, 2.05) is 53.4 Å². The van der Waals surface area contributed by atoms with Gasteiger partial charge in [0.05, 0.1) is 0 Å². The van der Waals surface area contributed by atoms with Gasteiger partial charge in [-0.15, -0.1) is 0 Å². The van der Waals surface area contributed by atoms with Crippen LogP contribution >= 0.6 is 11.6 Å². The number of halogens is 1. The monoisotopic (exact) mass is 311 g/mol. The summed E-state index contributed by atoms with van der Waals surface area (Å²) in [5.41, 5.74) is 2.72. The third-order valence-corrected chi connectivity index (χ3v) is 3.55. The lowest BCUT2D eigenvalue weighted by molar-refractivity contribution is 0.475. The molecule has 0 saturated heterocycles. The second-order valence-electron chi connectivity index (χ2n) is 4.84. The van der Waals surface area contributed by atoms with Crippen molar-refractivity contribution in [2.75, 3.05) is 4.90 Å². The molecule has 0 aliphatic rings. The molecule has 0 spiro atoms. The minimum absolute atomic E-state index is 0.213. The molecule has 0 saturated carbocycles. The van der Waals surface area contributed by atoms with E-state index in [-0.39, 0.29) is 11.5 Å². The van der Waals surface area contributed by atoms with Crippen molar-refractivity contribution < 1.29 is 10.2 Å². The SMILES string of the molecule is Oc1ccc(N(c2ccc(O)cc2)c2ccc(Cl)cc2)cc1. The first-order chi connectivity index (χ1) is 10.6. The Bertz CT molecular complexity index is 644. The summed E-state index contributed by atoms with van der Waals surface area (Å²) < 4.78 is 0. The maximum absolute atomic E-state index is 9.48. The average Bonchev–Trinajstić information content (AvgIpc) is 2.53. The summed E-state index contributed by atoms with van der Waals surface area (Å²) in [5.74, 6) is 0.427. The van der Waals surface area contributed by atoms with Crippen LogP contribution in [0.25, 0.3) is 0 Å². The molecule has 4 heteroatoms. The summed E-state index contributed by atoms with van der Waals surface area (Å²) in [6.45, 7) is 0. The Morgan fingerprint density at radius 2 is 0.864 bits per heavy atom. The second-order valence-corrected chi connectivity index (χ2v) is 5.28. The summed E-state index contributed by atoms with van der Waals surface area (Å²) in [7, 11) is 0. The van der Waals surface area contributed by atoms with Crippen molar-refractivity contribution in [2.24, 2.45) is 0 Å². The topological polar surface area (TPSA) is 43.7 Å². The van der Waals surface area contributed by atoms with E-state index in [4.69, 9.17) is 11.6 Å². The molecule has 110 valence electrons. The van der Waals surface area contributed by atoms with Gasteiger partial charge in [0.15, 0.2) is 0 Å². The van der Waals surface area contributed by atoms with Gasteiger partial charge in [-0.3, -0.25) is 0 Å². The molecule has 3 nitrogen and oxygen atoms in total. The van der Waals surface area contributed by atoms with E-state index < -0.39 is 0 Å². The first-order valence-electron chi connectivity index (χ1n) is 6.77. The molecule has 0 unspecified atom stereocenters. The Labute approximate surface area is 133 Å². The number of hydrogen-bond donors (Lipinski definition) is 2. The van der Waals surface area contributed by atoms with Gasteiger partial charge in [-0.1, -0.05) is 11.6 Å². The highest BCUT2D eigenvalue weighted by Gasteiger charge is 2.12. The van der Waals surface area contributed by atoms with Crippen LogP contribution < -0.4 is 4.90 Å². The third kappa shape index (κ3) is 3.00. The maximum Gasteiger partial charge on any atom is 0.115 e. The number of anilines is 3. The Balaban J connectivity index is 2.10. The second kappa shape index (κ2) is 6.00. The molecule has 3 aromatic rings. The quantitative estimate of drug-likeness (QED) is 0.697. The van der Waals surface area contributed by atoms with Crippen LogP contribution in [0.15, 0.2) is 72.8 Å². The Morgan fingerprint density at radius 1 is 0.545 bits per heavy atom. The van der Waals surface area contributed by atoms with Crippen molar-refractivity contribution in [1.82, 2.24) is 0 Å².